The van der Waals surface area contributed by atoms with Crippen LogP contribution in [0.25, 0.3) is 11.0 Å². The minimum absolute atomic E-state index is 0.253. The number of aliphatic hydroxyl groups is 2. The van der Waals surface area contributed by atoms with Gasteiger partial charge in [-0.15, -0.1) is 0 Å². The fraction of sp³-hybridized carbons (Fsp3) is 0.500. The smallest absolute Gasteiger partial charge is 0.181 e. The Kier molecular flexibility index (Phi) is 3.40. The minimum atomic E-state index is -2.08. The Morgan fingerprint density at radius 2 is 2.29 bits per heavy atom. The molecule has 0 amide bonds. The molecule has 0 saturated carbocycles. The predicted molar refractivity (Wildman–Crippen MR) is 76.2 cm³/mol. The third-order valence-corrected chi connectivity index (χ3v) is 4.34. The third kappa shape index (κ3) is 2.03. The highest BCUT2D eigenvalue weighted by atomic mass is 79.9. The molecule has 2 aromatic heterocycles. The maximum atomic E-state index is 14.8. The van der Waals surface area contributed by atoms with E-state index >= 15 is 0 Å². The molecule has 3 heterocycles. The molecule has 4 unspecified atom stereocenters. The quantitative estimate of drug-likeness (QED) is 0.729. The second-order valence-electron chi connectivity index (χ2n) is 5.15. The first-order valence-electron chi connectivity index (χ1n) is 6.27. The molecule has 1 saturated heterocycles. The van der Waals surface area contributed by atoms with Gasteiger partial charge in [-0.05, 0) is 22.9 Å². The largest absolute Gasteiger partial charge is 0.394 e. The molecule has 1 aliphatic rings. The predicted octanol–water partition coefficient (Wildman–Crippen LogP) is 0.755. The number of alkyl halides is 1. The number of fused-ring (bicyclic) bond motifs is 1. The first-order chi connectivity index (χ1) is 9.87. The summed E-state index contributed by atoms with van der Waals surface area (Å²) in [6.07, 6.45) is -0.730. The van der Waals surface area contributed by atoms with Crippen LogP contribution in [0.15, 0.2) is 17.0 Å². The summed E-state index contributed by atoms with van der Waals surface area (Å²) < 4.78 is 22.3. The molecule has 114 valence electrons. The van der Waals surface area contributed by atoms with Crippen molar-refractivity contribution in [1.82, 2.24) is 14.5 Å². The number of anilines is 1. The molecule has 2 aromatic rings. The van der Waals surface area contributed by atoms with Gasteiger partial charge in [-0.2, -0.15) is 0 Å². The lowest BCUT2D eigenvalue weighted by Gasteiger charge is -2.25. The number of hydrogen-bond acceptors (Lipinski definition) is 6. The first-order valence-corrected chi connectivity index (χ1v) is 7.07. The minimum Gasteiger partial charge on any atom is -0.394 e. The van der Waals surface area contributed by atoms with Gasteiger partial charge in [0.15, 0.2) is 11.9 Å². The van der Waals surface area contributed by atoms with Crippen molar-refractivity contribution in [2.24, 2.45) is 0 Å². The molecule has 1 fully saturated rings. The number of halogens is 2. The van der Waals surface area contributed by atoms with Gasteiger partial charge in [0.25, 0.3) is 0 Å². The zero-order valence-electron chi connectivity index (χ0n) is 11.1. The van der Waals surface area contributed by atoms with Crippen LogP contribution < -0.4 is 5.73 Å². The molecule has 7 nitrogen and oxygen atoms in total. The Bertz CT molecular complexity index is 692. The van der Waals surface area contributed by atoms with E-state index in [0.29, 0.717) is 15.5 Å². The number of nitrogens with zero attached hydrogens (tertiary/aromatic N) is 3. The molecule has 0 bridgehead atoms. The highest BCUT2D eigenvalue weighted by molar-refractivity contribution is 9.10. The molecule has 21 heavy (non-hydrogen) atoms. The van der Waals surface area contributed by atoms with E-state index in [4.69, 9.17) is 10.5 Å². The van der Waals surface area contributed by atoms with Crippen molar-refractivity contribution in [3.05, 3.63) is 17.0 Å². The molecule has 4 N–H and O–H groups in total. The highest BCUT2D eigenvalue weighted by Crippen LogP contribution is 2.43. The lowest BCUT2D eigenvalue weighted by molar-refractivity contribution is -0.0564. The number of rotatable bonds is 2. The summed E-state index contributed by atoms with van der Waals surface area (Å²) in [7, 11) is 0. The van der Waals surface area contributed by atoms with Crippen molar-refractivity contribution in [1.29, 1.82) is 0 Å². The lowest BCUT2D eigenvalue weighted by Crippen LogP contribution is -2.40. The van der Waals surface area contributed by atoms with Crippen LogP contribution in [-0.4, -0.2) is 49.2 Å². The van der Waals surface area contributed by atoms with E-state index < -0.39 is 30.7 Å². The van der Waals surface area contributed by atoms with Crippen molar-refractivity contribution in [3.8, 4) is 0 Å². The maximum Gasteiger partial charge on any atom is 0.181 e. The summed E-state index contributed by atoms with van der Waals surface area (Å²) >= 11 is 3.33. The van der Waals surface area contributed by atoms with Gasteiger partial charge in [-0.25, -0.2) is 14.4 Å². The van der Waals surface area contributed by atoms with E-state index in [1.165, 1.54) is 17.8 Å². The van der Waals surface area contributed by atoms with E-state index in [1.807, 2.05) is 0 Å². The Morgan fingerprint density at radius 3 is 2.90 bits per heavy atom. The maximum absolute atomic E-state index is 14.8. The molecular formula is C12H14BrFN4O3. The number of nitrogen functional groups attached to an aromatic ring is 1. The highest BCUT2D eigenvalue weighted by Gasteiger charge is 2.55. The summed E-state index contributed by atoms with van der Waals surface area (Å²) in [5.41, 5.74) is 4.10. The monoisotopic (exact) mass is 360 g/mol. The van der Waals surface area contributed by atoms with Gasteiger partial charge in [0.2, 0.25) is 0 Å². The van der Waals surface area contributed by atoms with E-state index in [9.17, 15) is 14.6 Å². The topological polar surface area (TPSA) is 106 Å². The summed E-state index contributed by atoms with van der Waals surface area (Å²) in [6.45, 7) is 0.747. The van der Waals surface area contributed by atoms with Crippen LogP contribution in [0.1, 0.15) is 13.2 Å². The molecule has 9 heteroatoms. The van der Waals surface area contributed by atoms with Gasteiger partial charge >= 0.3 is 0 Å². The Balaban J connectivity index is 2.15. The van der Waals surface area contributed by atoms with Crippen LogP contribution in [0, 0.1) is 0 Å². The molecule has 4 atom stereocenters. The molecule has 3 rings (SSSR count). The average molecular weight is 361 g/mol. The summed E-state index contributed by atoms with van der Waals surface area (Å²) in [5.74, 6) is 0.253. The molecule has 0 aliphatic carbocycles. The second-order valence-corrected chi connectivity index (χ2v) is 6.00. The fourth-order valence-corrected chi connectivity index (χ4v) is 3.20. The van der Waals surface area contributed by atoms with Crippen molar-refractivity contribution in [2.45, 2.75) is 31.0 Å². The average Bonchev–Trinajstić information content (AvgIpc) is 2.87. The summed E-state index contributed by atoms with van der Waals surface area (Å²) in [4.78, 5) is 7.99. The molecule has 0 radical (unpaired) electrons. The molecule has 0 aromatic carbocycles. The fourth-order valence-electron chi connectivity index (χ4n) is 2.60. The van der Waals surface area contributed by atoms with E-state index in [0.717, 1.165) is 0 Å². The summed E-state index contributed by atoms with van der Waals surface area (Å²) in [5, 5.41) is 19.7. The standard InChI is InChI=1S/C12H14BrFN4O3/c1-12(14)8(20)6(3-19)21-11(12)18-2-5(13)7-9(15)16-4-17-10(7)18/h2,4,6,8,11,19-20H,3H2,1H3,(H2,15,16,17). The van der Waals surface area contributed by atoms with Crippen LogP contribution in [0.3, 0.4) is 0 Å². The van der Waals surface area contributed by atoms with Crippen molar-refractivity contribution in [2.75, 3.05) is 12.3 Å². The van der Waals surface area contributed by atoms with Crippen molar-refractivity contribution < 1.29 is 19.3 Å². The van der Waals surface area contributed by atoms with E-state index in [-0.39, 0.29) is 5.82 Å². The number of aromatic nitrogens is 3. The second kappa shape index (κ2) is 4.87. The normalized spacial score (nSPS) is 32.9. The third-order valence-electron chi connectivity index (χ3n) is 3.74. The van der Waals surface area contributed by atoms with Crippen molar-refractivity contribution >= 4 is 32.8 Å². The first kappa shape index (κ1) is 14.6. The van der Waals surface area contributed by atoms with Crippen molar-refractivity contribution in [3.63, 3.8) is 0 Å². The summed E-state index contributed by atoms with van der Waals surface area (Å²) in [6, 6.07) is 0. The molecule has 0 spiro atoms. The van der Waals surface area contributed by atoms with Gasteiger partial charge < -0.3 is 25.3 Å². The van der Waals surface area contributed by atoms with Gasteiger partial charge in [0, 0.05) is 10.7 Å². The Morgan fingerprint density at radius 1 is 1.57 bits per heavy atom. The van der Waals surface area contributed by atoms with E-state index in [2.05, 4.69) is 25.9 Å². The van der Waals surface area contributed by atoms with Gasteiger partial charge in [0.05, 0.1) is 12.0 Å². The van der Waals surface area contributed by atoms with Crippen LogP contribution in [-0.2, 0) is 4.74 Å². The van der Waals surface area contributed by atoms with Gasteiger partial charge in [-0.3, -0.25) is 0 Å². The van der Waals surface area contributed by atoms with Crippen LogP contribution in [0.4, 0.5) is 10.2 Å². The van der Waals surface area contributed by atoms with Gasteiger partial charge in [-0.1, -0.05) is 0 Å². The SMILES string of the molecule is CC1(F)C(O)C(CO)OC1n1cc(Br)c2c(N)ncnc21. The van der Waals surface area contributed by atoms with Crippen LogP contribution in [0.2, 0.25) is 0 Å². The lowest BCUT2D eigenvalue weighted by atomic mass is 9.98. The van der Waals surface area contributed by atoms with E-state index in [1.54, 1.807) is 6.20 Å². The van der Waals surface area contributed by atoms with Crippen LogP contribution >= 0.6 is 15.9 Å². The zero-order chi connectivity index (χ0) is 15.4. The zero-order valence-corrected chi connectivity index (χ0v) is 12.7. The molecular weight excluding hydrogens is 347 g/mol. The Labute approximate surface area is 127 Å². The molecule has 1 aliphatic heterocycles. The van der Waals surface area contributed by atoms with Crippen LogP contribution in [0.5, 0.6) is 0 Å². The number of nitrogens with two attached hydrogens (primary N) is 1. The van der Waals surface area contributed by atoms with Gasteiger partial charge in [0.1, 0.15) is 30.0 Å². The Hall–Kier alpha value is -1.29. The number of hydrogen-bond donors (Lipinski definition) is 3. The number of aliphatic hydroxyl groups excluding tert-OH is 2. The number of ether oxygens (including phenoxy) is 1.